The second-order valence-corrected chi connectivity index (χ2v) is 3.68. The van der Waals surface area contributed by atoms with Crippen LogP contribution in [-0.4, -0.2) is 22.8 Å². The molecule has 1 fully saturated rings. The van der Waals surface area contributed by atoms with Crippen molar-refractivity contribution < 1.29 is 0 Å². The number of rotatable bonds is 2. The van der Waals surface area contributed by atoms with Crippen LogP contribution in [-0.2, 0) is 6.42 Å². The maximum absolute atomic E-state index is 11.1. The minimum Gasteiger partial charge on any atom is -0.314 e. The standard InChI is InChI=1S/C9H15N3O/c1-6-8(11-12-9(6)13)5-7-3-2-4-10-7/h7,10H,2-5H2,1H3,(H2,11,12,13). The van der Waals surface area contributed by atoms with Crippen LogP contribution in [0.1, 0.15) is 24.1 Å². The Balaban J connectivity index is 2.08. The van der Waals surface area contributed by atoms with Gasteiger partial charge in [0, 0.05) is 23.7 Å². The molecule has 1 aliphatic rings. The summed E-state index contributed by atoms with van der Waals surface area (Å²) in [6, 6.07) is 0.546. The Labute approximate surface area is 76.7 Å². The quantitative estimate of drug-likeness (QED) is 0.614. The minimum absolute atomic E-state index is 0.00740. The first-order chi connectivity index (χ1) is 6.27. The van der Waals surface area contributed by atoms with Gasteiger partial charge >= 0.3 is 0 Å². The van der Waals surface area contributed by atoms with Gasteiger partial charge in [0.25, 0.3) is 5.56 Å². The third-order valence-electron chi connectivity index (χ3n) is 2.73. The Morgan fingerprint density at radius 2 is 2.31 bits per heavy atom. The van der Waals surface area contributed by atoms with Crippen LogP contribution in [0, 0.1) is 6.92 Å². The molecule has 0 radical (unpaired) electrons. The van der Waals surface area contributed by atoms with Gasteiger partial charge in [-0.2, -0.15) is 0 Å². The van der Waals surface area contributed by atoms with Crippen molar-refractivity contribution in [3.63, 3.8) is 0 Å². The molecule has 1 aromatic rings. The first-order valence-electron chi connectivity index (χ1n) is 4.77. The highest BCUT2D eigenvalue weighted by molar-refractivity contribution is 5.15. The van der Waals surface area contributed by atoms with Crippen LogP contribution >= 0.6 is 0 Å². The molecule has 1 saturated heterocycles. The highest BCUT2D eigenvalue weighted by Crippen LogP contribution is 2.10. The second kappa shape index (κ2) is 3.38. The fourth-order valence-corrected chi connectivity index (χ4v) is 1.84. The van der Waals surface area contributed by atoms with Crippen molar-refractivity contribution in [2.75, 3.05) is 6.54 Å². The normalized spacial score (nSPS) is 22.4. The van der Waals surface area contributed by atoms with Crippen LogP contribution in [0.25, 0.3) is 0 Å². The topological polar surface area (TPSA) is 60.7 Å². The van der Waals surface area contributed by atoms with Gasteiger partial charge in [0.1, 0.15) is 0 Å². The van der Waals surface area contributed by atoms with E-state index in [0.29, 0.717) is 6.04 Å². The summed E-state index contributed by atoms with van der Waals surface area (Å²) in [6.45, 7) is 2.97. The number of H-pyrrole nitrogens is 2. The second-order valence-electron chi connectivity index (χ2n) is 3.68. The summed E-state index contributed by atoms with van der Waals surface area (Å²) in [5, 5.41) is 8.93. The molecule has 3 N–H and O–H groups in total. The summed E-state index contributed by atoms with van der Waals surface area (Å²) in [5.74, 6) is 0. The van der Waals surface area contributed by atoms with Crippen molar-refractivity contribution >= 4 is 0 Å². The summed E-state index contributed by atoms with van der Waals surface area (Å²) in [4.78, 5) is 11.1. The van der Waals surface area contributed by atoms with Crippen LogP contribution in [0.5, 0.6) is 0 Å². The lowest BCUT2D eigenvalue weighted by Crippen LogP contribution is -2.24. The third-order valence-corrected chi connectivity index (χ3v) is 2.73. The van der Waals surface area contributed by atoms with Gasteiger partial charge in [0.2, 0.25) is 0 Å². The van der Waals surface area contributed by atoms with Gasteiger partial charge in [-0.1, -0.05) is 0 Å². The fraction of sp³-hybridized carbons (Fsp3) is 0.667. The lowest BCUT2D eigenvalue weighted by Gasteiger charge is -2.07. The number of aromatic amines is 2. The number of nitrogens with one attached hydrogen (secondary N) is 3. The molecular weight excluding hydrogens is 166 g/mol. The molecule has 1 atom stereocenters. The molecule has 0 bridgehead atoms. The van der Waals surface area contributed by atoms with E-state index < -0.39 is 0 Å². The first kappa shape index (κ1) is 8.56. The monoisotopic (exact) mass is 181 g/mol. The molecule has 2 rings (SSSR count). The molecular formula is C9H15N3O. The van der Waals surface area contributed by atoms with E-state index in [1.807, 2.05) is 6.92 Å². The molecule has 72 valence electrons. The summed E-state index contributed by atoms with van der Waals surface area (Å²) in [6.07, 6.45) is 3.40. The van der Waals surface area contributed by atoms with Crippen molar-refractivity contribution in [3.8, 4) is 0 Å². The lowest BCUT2D eigenvalue weighted by molar-refractivity contribution is 0.593. The van der Waals surface area contributed by atoms with Crippen LogP contribution < -0.4 is 10.9 Å². The Hall–Kier alpha value is -1.03. The zero-order chi connectivity index (χ0) is 9.26. The minimum atomic E-state index is 0.00740. The zero-order valence-electron chi connectivity index (χ0n) is 7.81. The van der Waals surface area contributed by atoms with Crippen LogP contribution in [0.2, 0.25) is 0 Å². The molecule has 2 heterocycles. The first-order valence-corrected chi connectivity index (χ1v) is 4.77. The Morgan fingerprint density at radius 3 is 2.85 bits per heavy atom. The van der Waals surface area contributed by atoms with E-state index in [4.69, 9.17) is 0 Å². The summed E-state index contributed by atoms with van der Waals surface area (Å²) in [5.41, 5.74) is 1.88. The van der Waals surface area contributed by atoms with Gasteiger partial charge in [-0.15, -0.1) is 0 Å². The smallest absolute Gasteiger partial charge is 0.267 e. The molecule has 0 saturated carbocycles. The fourth-order valence-electron chi connectivity index (χ4n) is 1.84. The molecule has 13 heavy (non-hydrogen) atoms. The average Bonchev–Trinajstić information content (AvgIpc) is 2.71. The van der Waals surface area contributed by atoms with Gasteiger partial charge in [0.05, 0.1) is 0 Å². The Kier molecular flexibility index (Phi) is 2.22. The highest BCUT2D eigenvalue weighted by Gasteiger charge is 2.16. The SMILES string of the molecule is Cc1c(CC2CCCN2)[nH][nH]c1=O. The van der Waals surface area contributed by atoms with E-state index in [9.17, 15) is 4.79 Å². The van der Waals surface area contributed by atoms with Crippen molar-refractivity contribution in [2.24, 2.45) is 0 Å². The van der Waals surface area contributed by atoms with Crippen molar-refractivity contribution in [3.05, 3.63) is 21.6 Å². The van der Waals surface area contributed by atoms with Gasteiger partial charge < -0.3 is 10.4 Å². The van der Waals surface area contributed by atoms with Gasteiger partial charge in [-0.05, 0) is 26.3 Å². The predicted octanol–water partition coefficient (Wildman–Crippen LogP) is 0.306. The number of aromatic nitrogens is 2. The van der Waals surface area contributed by atoms with Crippen LogP contribution in [0.3, 0.4) is 0 Å². The highest BCUT2D eigenvalue weighted by atomic mass is 16.1. The largest absolute Gasteiger partial charge is 0.314 e. The molecule has 1 aromatic heterocycles. The maximum atomic E-state index is 11.1. The van der Waals surface area contributed by atoms with E-state index in [1.54, 1.807) is 0 Å². The number of hydrogen-bond donors (Lipinski definition) is 3. The molecule has 4 nitrogen and oxygen atoms in total. The van der Waals surface area contributed by atoms with Crippen molar-refractivity contribution in [1.82, 2.24) is 15.5 Å². The summed E-state index contributed by atoms with van der Waals surface area (Å²) >= 11 is 0. The summed E-state index contributed by atoms with van der Waals surface area (Å²) in [7, 11) is 0. The molecule has 0 aromatic carbocycles. The van der Waals surface area contributed by atoms with Gasteiger partial charge in [-0.25, -0.2) is 0 Å². The zero-order valence-corrected chi connectivity index (χ0v) is 7.81. The maximum Gasteiger partial charge on any atom is 0.267 e. The average molecular weight is 181 g/mol. The van der Waals surface area contributed by atoms with Crippen molar-refractivity contribution in [2.45, 2.75) is 32.2 Å². The van der Waals surface area contributed by atoms with Crippen molar-refractivity contribution in [1.29, 1.82) is 0 Å². The van der Waals surface area contributed by atoms with Gasteiger partial charge in [0.15, 0.2) is 0 Å². The van der Waals surface area contributed by atoms with E-state index in [0.717, 1.165) is 24.2 Å². The Bertz CT molecular complexity index is 333. The Morgan fingerprint density at radius 1 is 1.46 bits per heavy atom. The number of hydrogen-bond acceptors (Lipinski definition) is 2. The van der Waals surface area contributed by atoms with Crippen LogP contribution in [0.15, 0.2) is 4.79 Å². The van der Waals surface area contributed by atoms with E-state index >= 15 is 0 Å². The summed E-state index contributed by atoms with van der Waals surface area (Å²) < 4.78 is 0. The van der Waals surface area contributed by atoms with E-state index in [1.165, 1.54) is 12.8 Å². The van der Waals surface area contributed by atoms with Crippen LogP contribution in [0.4, 0.5) is 0 Å². The molecule has 0 amide bonds. The molecule has 0 spiro atoms. The third kappa shape index (κ3) is 1.67. The molecule has 4 heteroatoms. The molecule has 1 unspecified atom stereocenters. The van der Waals surface area contributed by atoms with E-state index in [2.05, 4.69) is 15.5 Å². The predicted molar refractivity (Wildman–Crippen MR) is 50.9 cm³/mol. The molecule has 0 aliphatic carbocycles. The molecule has 1 aliphatic heterocycles. The van der Waals surface area contributed by atoms with E-state index in [-0.39, 0.29) is 5.56 Å². The lowest BCUT2D eigenvalue weighted by atomic mass is 10.1. The van der Waals surface area contributed by atoms with Gasteiger partial charge in [-0.3, -0.25) is 9.89 Å².